The van der Waals surface area contributed by atoms with Crippen LogP contribution in [0.4, 0.5) is 0 Å². The van der Waals surface area contributed by atoms with Gasteiger partial charge >= 0.3 is 0 Å². The van der Waals surface area contributed by atoms with Crippen LogP contribution in [0.2, 0.25) is 0 Å². The Bertz CT molecular complexity index is 449. The lowest BCUT2D eigenvalue weighted by molar-refractivity contribution is -0.133. The van der Waals surface area contributed by atoms with Crippen LogP contribution in [0.3, 0.4) is 0 Å². The summed E-state index contributed by atoms with van der Waals surface area (Å²) >= 11 is 0. The number of nitrogens with zero attached hydrogens (tertiary/aromatic N) is 1. The van der Waals surface area contributed by atoms with Crippen molar-refractivity contribution in [1.29, 1.82) is 0 Å². The summed E-state index contributed by atoms with van der Waals surface area (Å²) in [6, 6.07) is 0. The molecule has 0 spiro atoms. The molecule has 0 bridgehead atoms. The highest BCUT2D eigenvalue weighted by molar-refractivity contribution is 5.82. The van der Waals surface area contributed by atoms with Crippen molar-refractivity contribution in [2.45, 2.75) is 72.0 Å². The van der Waals surface area contributed by atoms with Gasteiger partial charge in [0.15, 0.2) is 0 Å². The minimum Gasteiger partial charge on any atom is -0.392 e. The Morgan fingerprint density at radius 3 is 2.29 bits per heavy atom. The fraction of sp³-hybridized carbons (Fsp3) is 0.895. The van der Waals surface area contributed by atoms with Crippen molar-refractivity contribution in [3.63, 3.8) is 0 Å². The molecule has 0 radical (unpaired) electrons. The molecule has 0 aromatic carbocycles. The van der Waals surface area contributed by atoms with Crippen LogP contribution >= 0.6 is 0 Å². The Balaban J connectivity index is 3.02. The number of ketones is 1. The third-order valence-corrected chi connectivity index (χ3v) is 5.92. The zero-order chi connectivity index (χ0) is 18.7. The van der Waals surface area contributed by atoms with Gasteiger partial charge in [-0.25, -0.2) is 0 Å². The SMILES string of the molecule is CC1C(=O)CCCC(=O)N(C)C[C@H](C)C[C@@](C)(O)[C@H](C)[C@@H](C)[C@@H]1O. The number of rotatable bonds is 0. The monoisotopic (exact) mass is 341 g/mol. The number of aliphatic hydroxyl groups excluding tert-OH is 1. The molecule has 1 aliphatic rings. The van der Waals surface area contributed by atoms with Crippen molar-refractivity contribution in [3.8, 4) is 0 Å². The van der Waals surface area contributed by atoms with Crippen LogP contribution in [-0.2, 0) is 9.59 Å². The molecule has 0 aliphatic carbocycles. The van der Waals surface area contributed by atoms with Crippen molar-refractivity contribution >= 4 is 11.7 Å². The standard InChI is InChI=1S/C19H35NO4/c1-12-10-19(5,24)15(4)13(2)18(23)14(3)16(21)8-7-9-17(22)20(6)11-12/h12-15,18,23-24H,7-11H2,1-6H3/t12-,13-,14?,15-,18+,19-/m1/s1. The maximum atomic E-state index is 12.3. The average molecular weight is 341 g/mol. The number of aliphatic hydroxyl groups is 2. The van der Waals surface area contributed by atoms with Crippen LogP contribution in [-0.4, -0.2) is 52.1 Å². The van der Waals surface area contributed by atoms with E-state index in [1.54, 1.807) is 25.8 Å². The van der Waals surface area contributed by atoms with E-state index in [9.17, 15) is 19.8 Å². The Morgan fingerprint density at radius 1 is 1.12 bits per heavy atom. The fourth-order valence-electron chi connectivity index (χ4n) is 3.87. The molecular formula is C19H35NO4. The predicted octanol–water partition coefficient (Wildman–Crippen LogP) is 2.24. The van der Waals surface area contributed by atoms with Crippen LogP contribution in [0.1, 0.15) is 60.3 Å². The average Bonchev–Trinajstić information content (AvgIpc) is 2.49. The van der Waals surface area contributed by atoms with E-state index in [4.69, 9.17) is 0 Å². The smallest absolute Gasteiger partial charge is 0.222 e. The molecule has 24 heavy (non-hydrogen) atoms. The summed E-state index contributed by atoms with van der Waals surface area (Å²) in [5.41, 5.74) is -0.962. The molecule has 5 heteroatoms. The largest absolute Gasteiger partial charge is 0.392 e. The molecule has 5 nitrogen and oxygen atoms in total. The van der Waals surface area contributed by atoms with Gasteiger partial charge < -0.3 is 15.1 Å². The molecule has 6 atom stereocenters. The van der Waals surface area contributed by atoms with Crippen LogP contribution in [0.5, 0.6) is 0 Å². The number of amides is 1. The van der Waals surface area contributed by atoms with Gasteiger partial charge in [-0.15, -0.1) is 0 Å². The van der Waals surface area contributed by atoms with Crippen molar-refractivity contribution in [2.24, 2.45) is 23.7 Å². The van der Waals surface area contributed by atoms with E-state index in [0.29, 0.717) is 32.2 Å². The van der Waals surface area contributed by atoms with Gasteiger partial charge in [-0.1, -0.05) is 27.7 Å². The summed E-state index contributed by atoms with van der Waals surface area (Å²) in [6.07, 6.45) is 0.946. The molecule has 1 fully saturated rings. The van der Waals surface area contributed by atoms with Gasteiger partial charge in [-0.05, 0) is 37.5 Å². The van der Waals surface area contributed by atoms with Crippen molar-refractivity contribution < 1.29 is 19.8 Å². The molecule has 1 rings (SSSR count). The summed E-state index contributed by atoms with van der Waals surface area (Å²) < 4.78 is 0. The normalized spacial score (nSPS) is 41.2. The Labute approximate surface area is 146 Å². The minimum absolute atomic E-state index is 0.0120. The van der Waals surface area contributed by atoms with Gasteiger partial charge in [0.1, 0.15) is 5.78 Å². The second-order valence-electron chi connectivity index (χ2n) is 8.19. The van der Waals surface area contributed by atoms with Crippen molar-refractivity contribution in [2.75, 3.05) is 13.6 Å². The zero-order valence-electron chi connectivity index (χ0n) is 16.1. The molecular weight excluding hydrogens is 306 g/mol. The lowest BCUT2D eigenvalue weighted by atomic mass is 9.72. The van der Waals surface area contributed by atoms with Crippen LogP contribution in [0.15, 0.2) is 0 Å². The molecule has 0 aromatic heterocycles. The van der Waals surface area contributed by atoms with E-state index in [2.05, 4.69) is 0 Å². The molecule has 0 saturated carbocycles. The summed E-state index contributed by atoms with van der Waals surface area (Å²) in [6.45, 7) is 9.98. The maximum absolute atomic E-state index is 12.3. The van der Waals surface area contributed by atoms with Gasteiger partial charge in [0.05, 0.1) is 11.7 Å². The maximum Gasteiger partial charge on any atom is 0.222 e. The van der Waals surface area contributed by atoms with Crippen molar-refractivity contribution in [1.82, 2.24) is 4.90 Å². The summed E-state index contributed by atoms with van der Waals surface area (Å²) in [4.78, 5) is 26.2. The number of hydrogen-bond acceptors (Lipinski definition) is 4. The second-order valence-corrected chi connectivity index (χ2v) is 8.19. The highest BCUT2D eigenvalue weighted by atomic mass is 16.3. The number of carbonyl (C=O) groups excluding carboxylic acids is 2. The van der Waals surface area contributed by atoms with Gasteiger partial charge in [-0.2, -0.15) is 0 Å². The Hall–Kier alpha value is -0.940. The van der Waals surface area contributed by atoms with Gasteiger partial charge in [0.2, 0.25) is 5.91 Å². The van der Waals surface area contributed by atoms with E-state index in [-0.39, 0.29) is 29.4 Å². The topological polar surface area (TPSA) is 77.8 Å². The molecule has 1 heterocycles. The molecule has 1 unspecified atom stereocenters. The van der Waals surface area contributed by atoms with Gasteiger partial charge in [-0.3, -0.25) is 9.59 Å². The van der Waals surface area contributed by atoms with Crippen LogP contribution in [0, 0.1) is 23.7 Å². The summed E-state index contributed by atoms with van der Waals surface area (Å²) in [5.74, 6) is -0.653. The van der Waals surface area contributed by atoms with E-state index < -0.39 is 17.6 Å². The lowest BCUT2D eigenvalue weighted by Gasteiger charge is -2.40. The first-order chi connectivity index (χ1) is 11.0. The number of hydrogen-bond donors (Lipinski definition) is 2. The van der Waals surface area contributed by atoms with E-state index in [1.807, 2.05) is 20.8 Å². The van der Waals surface area contributed by atoms with Gasteiger partial charge in [0.25, 0.3) is 0 Å². The van der Waals surface area contributed by atoms with E-state index in [0.717, 1.165) is 0 Å². The first-order valence-corrected chi connectivity index (χ1v) is 9.14. The quantitative estimate of drug-likeness (QED) is 0.708. The molecule has 2 N–H and O–H groups in total. The fourth-order valence-corrected chi connectivity index (χ4v) is 3.87. The minimum atomic E-state index is -0.962. The Kier molecular flexibility index (Phi) is 7.42. The first-order valence-electron chi connectivity index (χ1n) is 9.14. The van der Waals surface area contributed by atoms with Crippen molar-refractivity contribution in [3.05, 3.63) is 0 Å². The van der Waals surface area contributed by atoms with E-state index >= 15 is 0 Å². The van der Waals surface area contributed by atoms with Crippen LogP contribution < -0.4 is 0 Å². The summed E-state index contributed by atoms with van der Waals surface area (Å²) in [5, 5.41) is 21.5. The molecule has 1 saturated heterocycles. The molecule has 1 amide bonds. The second kappa shape index (κ2) is 8.43. The highest BCUT2D eigenvalue weighted by Gasteiger charge is 2.39. The molecule has 0 aromatic rings. The van der Waals surface area contributed by atoms with E-state index in [1.165, 1.54) is 0 Å². The van der Waals surface area contributed by atoms with Gasteiger partial charge in [0, 0.05) is 32.4 Å². The van der Waals surface area contributed by atoms with Crippen LogP contribution in [0.25, 0.3) is 0 Å². The summed E-state index contributed by atoms with van der Waals surface area (Å²) in [7, 11) is 1.78. The number of carbonyl (C=O) groups is 2. The third-order valence-electron chi connectivity index (χ3n) is 5.92. The number of Topliss-reactive ketones (excluding diaryl/α,β-unsaturated/α-hetero) is 1. The Morgan fingerprint density at radius 2 is 1.71 bits per heavy atom. The molecule has 1 aliphatic heterocycles. The first kappa shape index (κ1) is 21.1. The lowest BCUT2D eigenvalue weighted by Crippen LogP contribution is -2.45. The predicted molar refractivity (Wildman–Crippen MR) is 94.4 cm³/mol. The highest BCUT2D eigenvalue weighted by Crippen LogP contribution is 2.34. The third kappa shape index (κ3) is 5.28. The zero-order valence-corrected chi connectivity index (χ0v) is 16.1. The molecule has 140 valence electrons.